The van der Waals surface area contributed by atoms with Crippen molar-refractivity contribution in [3.8, 4) is 0 Å². The molecule has 4 aliphatic rings. The molecule has 0 radical (unpaired) electrons. The molecule has 2 aliphatic carbocycles. The van der Waals surface area contributed by atoms with Gasteiger partial charge in [-0.2, -0.15) is 0 Å². The molecule has 8 nitrogen and oxygen atoms in total. The fraction of sp³-hybridized carbons (Fsp3) is 0.667. The van der Waals surface area contributed by atoms with Gasteiger partial charge in [0.05, 0.1) is 12.5 Å². The first kappa shape index (κ1) is 32.3. The molecule has 4 rings (SSSR count). The number of carbonyl (C=O) groups excluding carboxylic acids is 3. The molecule has 1 fully saturated rings. The lowest BCUT2D eigenvalue weighted by atomic mass is 9.77. The number of likely N-dealkylation sites (N-methyl/N-ethyl adjacent to an activating group) is 1. The molecule has 3 unspecified atom stereocenters. The van der Waals surface area contributed by atoms with E-state index in [2.05, 4.69) is 24.1 Å². The number of nitrogens with zero attached hydrogens (tertiary/aromatic N) is 3. The van der Waals surface area contributed by atoms with Crippen LogP contribution in [-0.2, 0) is 19.1 Å². The van der Waals surface area contributed by atoms with Crippen molar-refractivity contribution in [1.82, 2.24) is 20.0 Å². The van der Waals surface area contributed by atoms with Crippen LogP contribution in [0.5, 0.6) is 0 Å². The van der Waals surface area contributed by atoms with Gasteiger partial charge in [0.25, 0.3) is 5.91 Å². The van der Waals surface area contributed by atoms with Crippen LogP contribution in [0.4, 0.5) is 0 Å². The summed E-state index contributed by atoms with van der Waals surface area (Å²) in [6, 6.07) is -0.00479. The molecule has 0 aromatic heterocycles. The fourth-order valence-corrected chi connectivity index (χ4v) is 7.16. The third-order valence-corrected chi connectivity index (χ3v) is 9.55. The van der Waals surface area contributed by atoms with Gasteiger partial charge in [0.15, 0.2) is 0 Å². The third-order valence-electron chi connectivity index (χ3n) is 9.27. The molecule has 0 aromatic carbocycles. The van der Waals surface area contributed by atoms with E-state index in [1.165, 1.54) is 24.0 Å². The minimum absolute atomic E-state index is 0.00206. The molecule has 9 heteroatoms. The van der Waals surface area contributed by atoms with Crippen molar-refractivity contribution >= 4 is 29.4 Å². The Bertz CT molecular complexity index is 1130. The van der Waals surface area contributed by atoms with Crippen molar-refractivity contribution in [3.63, 3.8) is 0 Å². The second kappa shape index (κ2) is 15.2. The Morgan fingerprint density at radius 2 is 1.86 bits per heavy atom. The number of nitrogens with one attached hydrogen (secondary N) is 1. The first-order valence-electron chi connectivity index (χ1n) is 15.9. The second-order valence-electron chi connectivity index (χ2n) is 11.9. The lowest BCUT2D eigenvalue weighted by Crippen LogP contribution is -2.58. The molecule has 2 aliphatic heterocycles. The summed E-state index contributed by atoms with van der Waals surface area (Å²) in [5.74, 6) is -0.855. The number of hydrogen-bond donors (Lipinski definition) is 1. The zero-order chi connectivity index (χ0) is 30.2. The van der Waals surface area contributed by atoms with Crippen molar-refractivity contribution < 1.29 is 19.1 Å². The zero-order valence-corrected chi connectivity index (χ0v) is 26.7. The summed E-state index contributed by atoms with van der Waals surface area (Å²) >= 11 is 6.08. The van der Waals surface area contributed by atoms with Gasteiger partial charge < -0.3 is 24.8 Å². The number of piperazine rings is 1. The van der Waals surface area contributed by atoms with Crippen molar-refractivity contribution in [1.29, 1.82) is 0 Å². The Labute approximate surface area is 256 Å². The van der Waals surface area contributed by atoms with Crippen LogP contribution in [0, 0.1) is 11.8 Å². The second-order valence-corrected chi connectivity index (χ2v) is 12.4. The summed E-state index contributed by atoms with van der Waals surface area (Å²) in [6.07, 6.45) is 13.4. The molecule has 0 spiro atoms. The van der Waals surface area contributed by atoms with Crippen LogP contribution < -0.4 is 5.32 Å². The van der Waals surface area contributed by atoms with Gasteiger partial charge in [-0.1, -0.05) is 48.2 Å². The maximum absolute atomic E-state index is 14.2. The Morgan fingerprint density at radius 3 is 2.48 bits per heavy atom. The summed E-state index contributed by atoms with van der Waals surface area (Å²) in [4.78, 5) is 47.2. The standard InChI is InChI=1S/C33H49ClN4O4/c1-5-9-28-27(22-25-11-8-7-10-23(25)3)30(29(33(41)42-6-2)32(40)38(28)17-16-35-4)36-18-20-37(21-19-36)31(39)24-12-14-26(34)15-13-24/h12,14-15,24,27-28,35H,5-11,13,16-22H2,1-4H3. The third kappa shape index (κ3) is 7.31. The van der Waals surface area contributed by atoms with E-state index < -0.39 is 5.97 Å². The average molecular weight is 601 g/mol. The van der Waals surface area contributed by atoms with Crippen LogP contribution in [0.2, 0.25) is 0 Å². The lowest BCUT2D eigenvalue weighted by Gasteiger charge is -2.48. The van der Waals surface area contributed by atoms with Gasteiger partial charge in [-0.15, -0.1) is 0 Å². The maximum Gasteiger partial charge on any atom is 0.345 e. The van der Waals surface area contributed by atoms with Crippen molar-refractivity contribution in [3.05, 3.63) is 45.7 Å². The largest absolute Gasteiger partial charge is 0.462 e. The highest BCUT2D eigenvalue weighted by atomic mass is 35.5. The Hall–Kier alpha value is -2.58. The number of amides is 2. The molecular weight excluding hydrogens is 552 g/mol. The fourth-order valence-electron chi connectivity index (χ4n) is 7.00. The SMILES string of the molecule is CCCC1C(CC2=C(C)CCCC2)C(N2CCN(C(=O)C3C=CC(Cl)=CC3)CC2)=C(C(=O)OCC)C(=O)N1CCNC. The summed E-state index contributed by atoms with van der Waals surface area (Å²) in [7, 11) is 1.89. The molecule has 1 N–H and O–H groups in total. The van der Waals surface area contributed by atoms with E-state index in [0.29, 0.717) is 50.7 Å². The maximum atomic E-state index is 14.2. The molecular formula is C33H49ClN4O4. The van der Waals surface area contributed by atoms with Gasteiger partial charge in [0.2, 0.25) is 5.91 Å². The van der Waals surface area contributed by atoms with E-state index in [4.69, 9.17) is 16.3 Å². The summed E-state index contributed by atoms with van der Waals surface area (Å²) in [5.41, 5.74) is 3.95. The van der Waals surface area contributed by atoms with Crippen LogP contribution in [0.15, 0.2) is 45.7 Å². The topological polar surface area (TPSA) is 82.2 Å². The summed E-state index contributed by atoms with van der Waals surface area (Å²) < 4.78 is 5.54. The van der Waals surface area contributed by atoms with Gasteiger partial charge in [-0.05, 0) is 71.9 Å². The molecule has 0 aromatic rings. The Balaban J connectivity index is 1.70. The van der Waals surface area contributed by atoms with E-state index in [-0.39, 0.29) is 41.9 Å². The van der Waals surface area contributed by atoms with Gasteiger partial charge in [-0.25, -0.2) is 4.79 Å². The molecule has 2 heterocycles. The minimum Gasteiger partial charge on any atom is -0.462 e. The number of rotatable bonds is 11. The first-order chi connectivity index (χ1) is 20.3. The van der Waals surface area contributed by atoms with Crippen molar-refractivity contribution in [2.24, 2.45) is 11.8 Å². The normalized spacial score (nSPS) is 25.3. The number of ether oxygens (including phenoxy) is 1. The predicted molar refractivity (Wildman–Crippen MR) is 167 cm³/mol. The van der Waals surface area contributed by atoms with E-state index in [9.17, 15) is 14.4 Å². The van der Waals surface area contributed by atoms with Gasteiger partial charge >= 0.3 is 5.97 Å². The lowest BCUT2D eigenvalue weighted by molar-refractivity contribution is -0.145. The molecule has 0 bridgehead atoms. The quantitative estimate of drug-likeness (QED) is 0.209. The zero-order valence-electron chi connectivity index (χ0n) is 25.9. The first-order valence-corrected chi connectivity index (χ1v) is 16.3. The smallest absolute Gasteiger partial charge is 0.345 e. The van der Waals surface area contributed by atoms with Crippen LogP contribution in [-0.4, -0.2) is 91.4 Å². The summed E-state index contributed by atoms with van der Waals surface area (Å²) in [6.45, 7) is 9.85. The molecule has 2 amide bonds. The Kier molecular flexibility index (Phi) is 11.7. The van der Waals surface area contributed by atoms with E-state index >= 15 is 0 Å². The number of allylic oxidation sites excluding steroid dienone is 5. The number of esters is 1. The highest BCUT2D eigenvalue weighted by Crippen LogP contribution is 2.41. The predicted octanol–water partition coefficient (Wildman–Crippen LogP) is 4.77. The highest BCUT2D eigenvalue weighted by molar-refractivity contribution is 6.31. The minimum atomic E-state index is -0.532. The van der Waals surface area contributed by atoms with Crippen molar-refractivity contribution in [2.75, 3.05) is 52.9 Å². The van der Waals surface area contributed by atoms with E-state index in [1.807, 2.05) is 29.0 Å². The van der Waals surface area contributed by atoms with Gasteiger partial charge in [-0.3, -0.25) is 9.59 Å². The van der Waals surface area contributed by atoms with Gasteiger partial charge in [0.1, 0.15) is 5.57 Å². The molecule has 1 saturated heterocycles. The van der Waals surface area contributed by atoms with Gasteiger partial charge in [0, 0.05) is 62.0 Å². The number of halogens is 1. The molecule has 3 atom stereocenters. The van der Waals surface area contributed by atoms with Crippen LogP contribution in [0.1, 0.15) is 72.1 Å². The molecule has 42 heavy (non-hydrogen) atoms. The van der Waals surface area contributed by atoms with Crippen molar-refractivity contribution in [2.45, 2.75) is 78.2 Å². The average Bonchev–Trinajstić information content (AvgIpc) is 2.99. The van der Waals surface area contributed by atoms with Crippen LogP contribution >= 0.6 is 11.6 Å². The van der Waals surface area contributed by atoms with Crippen LogP contribution in [0.3, 0.4) is 0 Å². The Morgan fingerprint density at radius 1 is 1.12 bits per heavy atom. The van der Waals surface area contributed by atoms with Crippen LogP contribution in [0.25, 0.3) is 0 Å². The monoisotopic (exact) mass is 600 g/mol. The number of carbonyl (C=O) groups is 3. The molecule has 232 valence electrons. The number of hydrogen-bond acceptors (Lipinski definition) is 6. The highest BCUT2D eigenvalue weighted by Gasteiger charge is 2.46. The molecule has 0 saturated carbocycles. The van der Waals surface area contributed by atoms with E-state index in [1.54, 1.807) is 13.0 Å². The summed E-state index contributed by atoms with van der Waals surface area (Å²) in [5, 5.41) is 3.86. The van der Waals surface area contributed by atoms with E-state index in [0.717, 1.165) is 37.8 Å².